The van der Waals surface area contributed by atoms with E-state index in [4.69, 9.17) is 17.0 Å². The van der Waals surface area contributed by atoms with Gasteiger partial charge in [-0.15, -0.1) is 0 Å². The molecule has 0 aliphatic carbocycles. The molecular weight excluding hydrogens is 400 g/mol. The number of nitrogens with zero attached hydrogens (tertiary/aromatic N) is 2. The van der Waals surface area contributed by atoms with Crippen LogP contribution in [0.4, 0.5) is 5.69 Å². The lowest BCUT2D eigenvalue weighted by atomic mass is 10.1. The molecule has 0 radical (unpaired) electrons. The van der Waals surface area contributed by atoms with Crippen LogP contribution in [0.3, 0.4) is 0 Å². The molecule has 1 atom stereocenters. The van der Waals surface area contributed by atoms with Crippen molar-refractivity contribution in [3.8, 4) is 0 Å². The van der Waals surface area contributed by atoms with Gasteiger partial charge in [0.1, 0.15) is 11.6 Å². The zero-order chi connectivity index (χ0) is 21.4. The topological polar surface area (TPSA) is 131 Å². The number of nitro groups is 1. The maximum absolute atomic E-state index is 12.5. The molecular formula is C18H22N4O6S. The fraction of sp³-hybridized carbons (Fsp3) is 0.444. The fourth-order valence-electron chi connectivity index (χ4n) is 2.77. The number of hydrogen-bond donors (Lipinski definition) is 2. The number of carbonyl (C=O) groups excluding carboxylic acids is 3. The third-order valence-corrected chi connectivity index (χ3v) is 4.62. The fourth-order valence-corrected chi connectivity index (χ4v) is 3.08. The van der Waals surface area contributed by atoms with Gasteiger partial charge < -0.3 is 15.0 Å². The summed E-state index contributed by atoms with van der Waals surface area (Å²) < 4.78 is 5.10. The standard InChI is InChI=1S/C18H22N4O6S/c1-2-3-10-28-15(23)11-14-17(25)19-8-9-21(14)18(29)20-16(24)12-6-4-5-7-13(12)22(26)27/h4-7,14H,2-3,8-11H2,1H3,(H,19,25)(H,20,24,29). The molecule has 2 rings (SSSR count). The van der Waals surface area contributed by atoms with Gasteiger partial charge in [0.05, 0.1) is 18.0 Å². The second kappa shape index (κ2) is 10.5. The number of rotatable bonds is 7. The van der Waals surface area contributed by atoms with Crippen LogP contribution in [0.25, 0.3) is 0 Å². The molecule has 1 aliphatic rings. The van der Waals surface area contributed by atoms with E-state index in [1.54, 1.807) is 0 Å². The first kappa shape index (κ1) is 22.2. The summed E-state index contributed by atoms with van der Waals surface area (Å²) >= 11 is 5.24. The quantitative estimate of drug-likeness (QED) is 0.220. The van der Waals surface area contributed by atoms with Crippen molar-refractivity contribution in [2.45, 2.75) is 32.2 Å². The van der Waals surface area contributed by atoms with Crippen molar-refractivity contribution in [3.05, 3.63) is 39.9 Å². The zero-order valence-electron chi connectivity index (χ0n) is 15.9. The van der Waals surface area contributed by atoms with Gasteiger partial charge in [-0.3, -0.25) is 29.8 Å². The number of unbranched alkanes of at least 4 members (excludes halogenated alkanes) is 1. The molecule has 10 nitrogen and oxygen atoms in total. The molecule has 0 saturated carbocycles. The Morgan fingerprint density at radius 3 is 2.83 bits per heavy atom. The molecule has 1 unspecified atom stereocenters. The molecule has 2 amide bonds. The number of nitro benzene ring substituents is 1. The molecule has 156 valence electrons. The lowest BCUT2D eigenvalue weighted by molar-refractivity contribution is -0.385. The van der Waals surface area contributed by atoms with Crippen LogP contribution in [0.2, 0.25) is 0 Å². The Kier molecular flexibility index (Phi) is 8.01. The van der Waals surface area contributed by atoms with Gasteiger partial charge in [-0.25, -0.2) is 0 Å². The van der Waals surface area contributed by atoms with Crippen molar-refractivity contribution in [1.82, 2.24) is 15.5 Å². The molecule has 0 spiro atoms. The number of benzene rings is 1. The number of para-hydroxylation sites is 1. The average molecular weight is 422 g/mol. The van der Waals surface area contributed by atoms with Gasteiger partial charge in [0.2, 0.25) is 5.91 Å². The van der Waals surface area contributed by atoms with Crippen LogP contribution in [-0.4, -0.2) is 58.5 Å². The van der Waals surface area contributed by atoms with Crippen molar-refractivity contribution in [3.63, 3.8) is 0 Å². The third kappa shape index (κ3) is 5.95. The van der Waals surface area contributed by atoms with Crippen molar-refractivity contribution < 1.29 is 24.0 Å². The minimum Gasteiger partial charge on any atom is -0.466 e. The van der Waals surface area contributed by atoms with Gasteiger partial charge in [-0.2, -0.15) is 0 Å². The van der Waals surface area contributed by atoms with Crippen molar-refractivity contribution in [2.24, 2.45) is 0 Å². The van der Waals surface area contributed by atoms with E-state index in [1.165, 1.54) is 29.2 Å². The van der Waals surface area contributed by atoms with E-state index in [-0.39, 0.29) is 42.5 Å². The minimum atomic E-state index is -0.934. The number of nitrogens with one attached hydrogen (secondary N) is 2. The smallest absolute Gasteiger partial charge is 0.308 e. The molecule has 1 aromatic rings. The first-order chi connectivity index (χ1) is 13.8. The largest absolute Gasteiger partial charge is 0.466 e. The summed E-state index contributed by atoms with van der Waals surface area (Å²) in [7, 11) is 0. The summed E-state index contributed by atoms with van der Waals surface area (Å²) in [6, 6.07) is 4.52. The summed E-state index contributed by atoms with van der Waals surface area (Å²) in [5.41, 5.74) is -0.517. The molecule has 11 heteroatoms. The third-order valence-electron chi connectivity index (χ3n) is 4.28. The monoisotopic (exact) mass is 422 g/mol. The van der Waals surface area contributed by atoms with Crippen LogP contribution in [0.1, 0.15) is 36.5 Å². The number of esters is 1. The van der Waals surface area contributed by atoms with Gasteiger partial charge in [0.25, 0.3) is 11.6 Å². The molecule has 1 saturated heterocycles. The Labute approximate surface area is 172 Å². The van der Waals surface area contributed by atoms with Crippen molar-refractivity contribution >= 4 is 40.8 Å². The van der Waals surface area contributed by atoms with Gasteiger partial charge in [-0.05, 0) is 24.7 Å². The first-order valence-electron chi connectivity index (χ1n) is 9.13. The Balaban J connectivity index is 2.08. The predicted molar refractivity (Wildman–Crippen MR) is 107 cm³/mol. The predicted octanol–water partition coefficient (Wildman–Crippen LogP) is 1.14. The number of amides is 2. The average Bonchev–Trinajstić information content (AvgIpc) is 2.69. The highest BCUT2D eigenvalue weighted by molar-refractivity contribution is 7.80. The lowest BCUT2D eigenvalue weighted by Gasteiger charge is -2.36. The summed E-state index contributed by atoms with van der Waals surface area (Å²) in [4.78, 5) is 48.6. The molecule has 0 aromatic heterocycles. The van der Waals surface area contributed by atoms with Gasteiger partial charge in [-0.1, -0.05) is 25.5 Å². The highest BCUT2D eigenvalue weighted by Crippen LogP contribution is 2.18. The normalized spacial score (nSPS) is 16.0. The van der Waals surface area contributed by atoms with Crippen LogP contribution in [0.15, 0.2) is 24.3 Å². The van der Waals surface area contributed by atoms with Crippen LogP contribution in [-0.2, 0) is 14.3 Å². The minimum absolute atomic E-state index is 0.0886. The second-order valence-corrected chi connectivity index (χ2v) is 6.70. The van der Waals surface area contributed by atoms with Gasteiger partial charge in [0.15, 0.2) is 5.11 Å². The van der Waals surface area contributed by atoms with Crippen molar-refractivity contribution in [1.29, 1.82) is 0 Å². The second-order valence-electron chi connectivity index (χ2n) is 6.31. The number of carbonyl (C=O) groups is 3. The molecule has 1 aromatic carbocycles. The Morgan fingerprint density at radius 2 is 2.14 bits per heavy atom. The van der Waals surface area contributed by atoms with Crippen LogP contribution in [0.5, 0.6) is 0 Å². The summed E-state index contributed by atoms with van der Waals surface area (Å²) in [6.07, 6.45) is 1.36. The van der Waals surface area contributed by atoms with Gasteiger partial charge in [0, 0.05) is 19.2 Å². The van der Waals surface area contributed by atoms with Crippen LogP contribution < -0.4 is 10.6 Å². The van der Waals surface area contributed by atoms with E-state index < -0.39 is 28.7 Å². The summed E-state index contributed by atoms with van der Waals surface area (Å²) in [5, 5.41) is 16.1. The summed E-state index contributed by atoms with van der Waals surface area (Å²) in [6.45, 7) is 2.78. The van der Waals surface area contributed by atoms with E-state index >= 15 is 0 Å². The van der Waals surface area contributed by atoms with Gasteiger partial charge >= 0.3 is 5.97 Å². The van der Waals surface area contributed by atoms with E-state index in [9.17, 15) is 24.5 Å². The zero-order valence-corrected chi connectivity index (χ0v) is 16.7. The molecule has 2 N–H and O–H groups in total. The Bertz CT molecular complexity index is 815. The lowest BCUT2D eigenvalue weighted by Crippen LogP contribution is -2.60. The van der Waals surface area contributed by atoms with Crippen molar-refractivity contribution in [2.75, 3.05) is 19.7 Å². The maximum Gasteiger partial charge on any atom is 0.308 e. The van der Waals surface area contributed by atoms with E-state index in [0.717, 1.165) is 12.8 Å². The molecule has 1 fully saturated rings. The number of thiocarbonyl (C=S) groups is 1. The van der Waals surface area contributed by atoms with E-state index in [1.807, 2.05) is 6.92 Å². The summed E-state index contributed by atoms with van der Waals surface area (Å²) in [5.74, 6) is -1.72. The van der Waals surface area contributed by atoms with E-state index in [2.05, 4.69) is 10.6 Å². The Morgan fingerprint density at radius 1 is 1.41 bits per heavy atom. The highest BCUT2D eigenvalue weighted by atomic mass is 32.1. The van der Waals surface area contributed by atoms with E-state index in [0.29, 0.717) is 0 Å². The highest BCUT2D eigenvalue weighted by Gasteiger charge is 2.34. The molecule has 29 heavy (non-hydrogen) atoms. The number of hydrogen-bond acceptors (Lipinski definition) is 7. The number of piperazine rings is 1. The SMILES string of the molecule is CCCCOC(=O)CC1C(=O)NCCN1C(=S)NC(=O)c1ccccc1[N+](=O)[O-]. The number of ether oxygens (including phenoxy) is 1. The Hall–Kier alpha value is -3.08. The van der Waals surface area contributed by atoms with Crippen LogP contribution in [0, 0.1) is 10.1 Å². The molecule has 1 aliphatic heterocycles. The first-order valence-corrected chi connectivity index (χ1v) is 9.54. The maximum atomic E-state index is 12.5. The molecule has 0 bridgehead atoms. The molecule has 1 heterocycles. The van der Waals surface area contributed by atoms with Crippen LogP contribution >= 0.6 is 12.2 Å².